The predicted molar refractivity (Wildman–Crippen MR) is 57.0 cm³/mol. The van der Waals surface area contributed by atoms with Crippen molar-refractivity contribution in [3.05, 3.63) is 35.9 Å². The molecule has 0 saturated heterocycles. The molecule has 0 radical (unpaired) electrons. The normalized spacial score (nSPS) is 13.2. The molecule has 70 valence electrons. The summed E-state index contributed by atoms with van der Waals surface area (Å²) in [5, 5.41) is 6.01. The fourth-order valence-electron chi connectivity index (χ4n) is 1.08. The summed E-state index contributed by atoms with van der Waals surface area (Å²) in [6.07, 6.45) is 1.95. The molecule has 0 spiro atoms. The average Bonchev–Trinajstić information content (AvgIpc) is 2.15. The van der Waals surface area contributed by atoms with E-state index < -0.39 is 0 Å². The Bertz CT molecular complexity index is 265. The van der Waals surface area contributed by atoms with Crippen molar-refractivity contribution in [3.63, 3.8) is 0 Å². The van der Waals surface area contributed by atoms with E-state index in [0.717, 1.165) is 0 Å². The molecule has 0 heterocycles. The summed E-state index contributed by atoms with van der Waals surface area (Å²) in [7, 11) is 3.85. The van der Waals surface area contributed by atoms with Crippen molar-refractivity contribution in [1.82, 2.24) is 5.01 Å². The molecule has 0 N–H and O–H groups in total. The molecule has 0 aromatic heterocycles. The Hall–Kier alpha value is -1.31. The van der Waals surface area contributed by atoms with Crippen molar-refractivity contribution in [2.24, 2.45) is 5.10 Å². The van der Waals surface area contributed by atoms with Crippen LogP contribution in [0.2, 0.25) is 0 Å². The summed E-state index contributed by atoms with van der Waals surface area (Å²) in [4.78, 5) is 0. The van der Waals surface area contributed by atoms with Gasteiger partial charge in [0.2, 0.25) is 0 Å². The van der Waals surface area contributed by atoms with Gasteiger partial charge >= 0.3 is 0 Å². The number of nitrogens with zero attached hydrogens (tertiary/aromatic N) is 2. The highest BCUT2D eigenvalue weighted by atomic mass is 15.4. The van der Waals surface area contributed by atoms with E-state index >= 15 is 0 Å². The summed E-state index contributed by atoms with van der Waals surface area (Å²) < 4.78 is 0. The Morgan fingerprint density at radius 1 is 1.23 bits per heavy atom. The molecule has 0 amide bonds. The second-order valence-corrected chi connectivity index (χ2v) is 3.31. The first-order chi connectivity index (χ1) is 6.20. The van der Waals surface area contributed by atoms with Gasteiger partial charge in [0.05, 0.1) is 0 Å². The third kappa shape index (κ3) is 3.28. The lowest BCUT2D eigenvalue weighted by molar-refractivity contribution is 0.438. The molecule has 0 aliphatic heterocycles. The zero-order chi connectivity index (χ0) is 9.68. The van der Waals surface area contributed by atoms with Crippen molar-refractivity contribution in [1.29, 1.82) is 0 Å². The third-order valence-corrected chi connectivity index (χ3v) is 1.85. The molecule has 2 heteroatoms. The lowest BCUT2D eigenvalue weighted by Gasteiger charge is -2.07. The van der Waals surface area contributed by atoms with Gasteiger partial charge in [0.15, 0.2) is 0 Å². The van der Waals surface area contributed by atoms with Crippen LogP contribution in [0.1, 0.15) is 18.4 Å². The van der Waals surface area contributed by atoms with E-state index in [9.17, 15) is 0 Å². The highest BCUT2D eigenvalue weighted by Crippen LogP contribution is 2.11. The molecule has 1 aromatic rings. The first-order valence-electron chi connectivity index (χ1n) is 4.46. The van der Waals surface area contributed by atoms with Crippen molar-refractivity contribution < 1.29 is 0 Å². The Morgan fingerprint density at radius 3 is 2.38 bits per heavy atom. The number of benzene rings is 1. The average molecular weight is 176 g/mol. The number of hydrazone groups is 1. The topological polar surface area (TPSA) is 15.6 Å². The van der Waals surface area contributed by atoms with Crippen LogP contribution in [0.25, 0.3) is 0 Å². The molecule has 1 atom stereocenters. The Morgan fingerprint density at radius 2 is 1.85 bits per heavy atom. The number of hydrogen-bond donors (Lipinski definition) is 0. The monoisotopic (exact) mass is 176 g/mol. The fourth-order valence-corrected chi connectivity index (χ4v) is 1.08. The molecule has 0 aliphatic rings. The van der Waals surface area contributed by atoms with Gasteiger partial charge in [-0.2, -0.15) is 5.10 Å². The smallest absolute Gasteiger partial charge is 0.0316 e. The van der Waals surface area contributed by atoms with E-state index in [-0.39, 0.29) is 0 Å². The molecular formula is C11H16N2. The van der Waals surface area contributed by atoms with Crippen LogP contribution >= 0.6 is 0 Å². The van der Waals surface area contributed by atoms with Crippen LogP contribution < -0.4 is 0 Å². The van der Waals surface area contributed by atoms with Gasteiger partial charge in [-0.05, 0) is 5.56 Å². The Kier molecular flexibility index (Phi) is 3.50. The zero-order valence-electron chi connectivity index (χ0n) is 8.44. The standard InChI is InChI=1S/C11H16N2/c1-10(9-12-13(2)3)11-7-5-4-6-8-11/h4-10H,1-3H3. The van der Waals surface area contributed by atoms with E-state index in [1.807, 2.05) is 26.4 Å². The molecule has 13 heavy (non-hydrogen) atoms. The predicted octanol–water partition coefficient (Wildman–Crippen LogP) is 2.34. The second kappa shape index (κ2) is 4.65. The molecule has 2 nitrogen and oxygen atoms in total. The van der Waals surface area contributed by atoms with Crippen molar-refractivity contribution in [2.45, 2.75) is 12.8 Å². The van der Waals surface area contributed by atoms with E-state index in [4.69, 9.17) is 0 Å². The van der Waals surface area contributed by atoms with Crippen LogP contribution in [0, 0.1) is 0 Å². The maximum atomic E-state index is 4.21. The largest absolute Gasteiger partial charge is 0.303 e. The number of rotatable bonds is 3. The van der Waals surface area contributed by atoms with Crippen LogP contribution in [-0.4, -0.2) is 25.3 Å². The summed E-state index contributed by atoms with van der Waals surface area (Å²) in [5.41, 5.74) is 1.30. The van der Waals surface area contributed by atoms with Crippen LogP contribution in [0.3, 0.4) is 0 Å². The Balaban J connectivity index is 2.64. The fraction of sp³-hybridized carbons (Fsp3) is 0.364. The van der Waals surface area contributed by atoms with Gasteiger partial charge in [-0.1, -0.05) is 37.3 Å². The minimum Gasteiger partial charge on any atom is -0.303 e. The zero-order valence-corrected chi connectivity index (χ0v) is 8.44. The first kappa shape index (κ1) is 9.78. The molecule has 0 aliphatic carbocycles. The van der Waals surface area contributed by atoms with Crippen molar-refractivity contribution >= 4 is 6.21 Å². The van der Waals surface area contributed by atoms with E-state index in [0.29, 0.717) is 5.92 Å². The van der Waals surface area contributed by atoms with Gasteiger partial charge in [-0.3, -0.25) is 0 Å². The van der Waals surface area contributed by atoms with Crippen LogP contribution in [-0.2, 0) is 0 Å². The first-order valence-corrected chi connectivity index (χ1v) is 4.46. The van der Waals surface area contributed by atoms with Crippen molar-refractivity contribution in [2.75, 3.05) is 14.1 Å². The van der Waals surface area contributed by atoms with Gasteiger partial charge in [0.25, 0.3) is 0 Å². The van der Waals surface area contributed by atoms with Crippen LogP contribution in [0.4, 0.5) is 0 Å². The molecule has 0 saturated carbocycles. The maximum Gasteiger partial charge on any atom is 0.0316 e. The molecule has 1 rings (SSSR count). The van der Waals surface area contributed by atoms with Gasteiger partial charge < -0.3 is 5.01 Å². The minimum absolute atomic E-state index is 0.378. The lowest BCUT2D eigenvalue weighted by Crippen LogP contribution is -2.04. The van der Waals surface area contributed by atoms with E-state index in [2.05, 4.69) is 36.3 Å². The maximum absolute atomic E-state index is 4.21. The minimum atomic E-state index is 0.378. The summed E-state index contributed by atoms with van der Waals surface area (Å²) >= 11 is 0. The van der Waals surface area contributed by atoms with Crippen molar-refractivity contribution in [3.8, 4) is 0 Å². The van der Waals surface area contributed by atoms with E-state index in [1.165, 1.54) is 5.56 Å². The highest BCUT2D eigenvalue weighted by Gasteiger charge is 1.99. The number of hydrogen-bond acceptors (Lipinski definition) is 2. The molecule has 1 unspecified atom stereocenters. The van der Waals surface area contributed by atoms with Gasteiger partial charge in [0.1, 0.15) is 0 Å². The summed E-state index contributed by atoms with van der Waals surface area (Å²) in [6.45, 7) is 2.14. The van der Waals surface area contributed by atoms with Gasteiger partial charge in [-0.25, -0.2) is 0 Å². The second-order valence-electron chi connectivity index (χ2n) is 3.31. The summed E-state index contributed by atoms with van der Waals surface area (Å²) in [6, 6.07) is 10.4. The van der Waals surface area contributed by atoms with Crippen LogP contribution in [0.15, 0.2) is 35.4 Å². The highest BCUT2D eigenvalue weighted by molar-refractivity contribution is 5.66. The lowest BCUT2D eigenvalue weighted by atomic mass is 10.0. The van der Waals surface area contributed by atoms with Gasteiger partial charge in [-0.15, -0.1) is 0 Å². The third-order valence-electron chi connectivity index (χ3n) is 1.85. The van der Waals surface area contributed by atoms with Gasteiger partial charge in [0, 0.05) is 26.2 Å². The Labute approximate surface area is 79.9 Å². The SMILES string of the molecule is CC(C=NN(C)C)c1ccccc1. The summed E-state index contributed by atoms with van der Waals surface area (Å²) in [5.74, 6) is 0.378. The van der Waals surface area contributed by atoms with E-state index in [1.54, 1.807) is 5.01 Å². The quantitative estimate of drug-likeness (QED) is 0.510. The molecule has 0 fully saturated rings. The van der Waals surface area contributed by atoms with Crippen LogP contribution in [0.5, 0.6) is 0 Å². The molecular weight excluding hydrogens is 160 g/mol. The molecule has 1 aromatic carbocycles. The molecule has 0 bridgehead atoms.